The topological polar surface area (TPSA) is 96.4 Å². The monoisotopic (exact) mass is 300 g/mol. The first-order valence-corrected chi connectivity index (χ1v) is 6.89. The molecule has 2 heterocycles. The molecule has 0 radical (unpaired) electrons. The van der Waals surface area contributed by atoms with Gasteiger partial charge in [-0.15, -0.1) is 0 Å². The summed E-state index contributed by atoms with van der Waals surface area (Å²) >= 11 is 0. The molecular weight excluding hydrogens is 280 g/mol. The van der Waals surface area contributed by atoms with E-state index in [2.05, 4.69) is 0 Å². The molecule has 21 heavy (non-hydrogen) atoms. The number of likely N-dealkylation sites (tertiary alicyclic amines) is 1. The molecule has 0 aromatic carbocycles. The van der Waals surface area contributed by atoms with Crippen LogP contribution in [-0.4, -0.2) is 78.9 Å². The molecular formula is C13H20N2O6. The van der Waals surface area contributed by atoms with E-state index in [-0.39, 0.29) is 43.5 Å². The van der Waals surface area contributed by atoms with Crippen molar-refractivity contribution in [2.24, 2.45) is 11.8 Å². The Labute approximate surface area is 122 Å². The fraction of sp³-hybridized carbons (Fsp3) is 0.769. The van der Waals surface area contributed by atoms with Crippen LogP contribution in [0.25, 0.3) is 0 Å². The first-order chi connectivity index (χ1) is 9.95. The van der Waals surface area contributed by atoms with E-state index in [0.29, 0.717) is 13.2 Å². The molecule has 0 bridgehead atoms. The van der Waals surface area contributed by atoms with Gasteiger partial charge in [-0.05, 0) is 5.92 Å². The molecule has 2 amide bonds. The smallest absolute Gasteiger partial charge is 0.328 e. The summed E-state index contributed by atoms with van der Waals surface area (Å²) in [5.41, 5.74) is 0. The highest BCUT2D eigenvalue weighted by atomic mass is 16.5. The van der Waals surface area contributed by atoms with Crippen molar-refractivity contribution < 1.29 is 29.0 Å². The minimum atomic E-state index is -1.08. The van der Waals surface area contributed by atoms with E-state index in [4.69, 9.17) is 14.6 Å². The molecule has 0 aliphatic carbocycles. The fourth-order valence-corrected chi connectivity index (χ4v) is 2.80. The zero-order chi connectivity index (χ0) is 15.6. The maximum Gasteiger partial charge on any atom is 0.328 e. The van der Waals surface area contributed by atoms with Crippen LogP contribution >= 0.6 is 0 Å². The lowest BCUT2D eigenvalue weighted by Gasteiger charge is -2.35. The standard InChI is InChI=1S/C13H20N2O6/c1-8-5-14(6-9(8)12(18)20-2)13(19)15-3-4-21-7-10(15)11(16)17/h8-10H,3-7H2,1-2H3,(H,16,17). The maximum absolute atomic E-state index is 12.5. The van der Waals surface area contributed by atoms with Crippen molar-refractivity contribution in [1.29, 1.82) is 0 Å². The molecule has 2 rings (SSSR count). The van der Waals surface area contributed by atoms with Gasteiger partial charge in [-0.3, -0.25) is 4.79 Å². The minimum Gasteiger partial charge on any atom is -0.480 e. The van der Waals surface area contributed by atoms with E-state index in [1.54, 1.807) is 0 Å². The summed E-state index contributed by atoms with van der Waals surface area (Å²) in [6.07, 6.45) is 0. The van der Waals surface area contributed by atoms with E-state index in [0.717, 1.165) is 0 Å². The number of ether oxygens (including phenoxy) is 2. The lowest BCUT2D eigenvalue weighted by atomic mass is 9.99. The van der Waals surface area contributed by atoms with Gasteiger partial charge in [0.2, 0.25) is 0 Å². The lowest BCUT2D eigenvalue weighted by Crippen LogP contribution is -2.56. The van der Waals surface area contributed by atoms with Crippen molar-refractivity contribution in [1.82, 2.24) is 9.80 Å². The Hall–Kier alpha value is -1.83. The quantitative estimate of drug-likeness (QED) is 0.699. The van der Waals surface area contributed by atoms with Crippen molar-refractivity contribution in [3.05, 3.63) is 0 Å². The summed E-state index contributed by atoms with van der Waals surface area (Å²) in [4.78, 5) is 38.2. The van der Waals surface area contributed by atoms with Gasteiger partial charge in [0.25, 0.3) is 0 Å². The van der Waals surface area contributed by atoms with Crippen LogP contribution in [0, 0.1) is 11.8 Å². The number of carboxylic acids is 1. The highest BCUT2D eigenvalue weighted by molar-refractivity contribution is 5.84. The third kappa shape index (κ3) is 3.10. The molecule has 3 atom stereocenters. The Morgan fingerprint density at radius 2 is 2.00 bits per heavy atom. The van der Waals surface area contributed by atoms with E-state index >= 15 is 0 Å². The summed E-state index contributed by atoms with van der Waals surface area (Å²) in [7, 11) is 1.32. The molecule has 2 aliphatic rings. The van der Waals surface area contributed by atoms with Crippen molar-refractivity contribution in [2.45, 2.75) is 13.0 Å². The molecule has 0 spiro atoms. The van der Waals surface area contributed by atoms with Crippen molar-refractivity contribution in [3.63, 3.8) is 0 Å². The van der Waals surface area contributed by atoms with Gasteiger partial charge in [-0.1, -0.05) is 6.92 Å². The SMILES string of the molecule is COC(=O)C1CN(C(=O)N2CCOCC2C(=O)O)CC1C. The number of methoxy groups -OCH3 is 1. The van der Waals surface area contributed by atoms with Gasteiger partial charge in [-0.25, -0.2) is 9.59 Å². The molecule has 8 heteroatoms. The van der Waals surface area contributed by atoms with Crippen LogP contribution in [0.5, 0.6) is 0 Å². The van der Waals surface area contributed by atoms with Crippen molar-refractivity contribution in [2.75, 3.05) is 40.0 Å². The van der Waals surface area contributed by atoms with Gasteiger partial charge in [0.15, 0.2) is 6.04 Å². The largest absolute Gasteiger partial charge is 0.480 e. The number of nitrogens with zero attached hydrogens (tertiary/aromatic N) is 2. The Balaban J connectivity index is 2.06. The second-order valence-corrected chi connectivity index (χ2v) is 5.42. The third-order valence-electron chi connectivity index (χ3n) is 4.05. The minimum absolute atomic E-state index is 0.00859. The second-order valence-electron chi connectivity index (χ2n) is 5.42. The molecule has 0 aromatic rings. The predicted octanol–water partition coefficient (Wildman–Crippen LogP) is -0.367. The number of carboxylic acid groups (broad SMARTS) is 1. The molecule has 0 aromatic heterocycles. The van der Waals surface area contributed by atoms with Crippen LogP contribution < -0.4 is 0 Å². The van der Waals surface area contributed by atoms with Crippen molar-refractivity contribution in [3.8, 4) is 0 Å². The van der Waals surface area contributed by atoms with Gasteiger partial charge in [-0.2, -0.15) is 0 Å². The van der Waals surface area contributed by atoms with Crippen LogP contribution in [0.15, 0.2) is 0 Å². The third-order valence-corrected chi connectivity index (χ3v) is 4.05. The average Bonchev–Trinajstić information content (AvgIpc) is 2.87. The van der Waals surface area contributed by atoms with Crippen LogP contribution in [0.3, 0.4) is 0 Å². The summed E-state index contributed by atoms with van der Waals surface area (Å²) in [6.45, 7) is 3.11. The molecule has 2 fully saturated rings. The highest BCUT2D eigenvalue weighted by Crippen LogP contribution is 2.26. The van der Waals surface area contributed by atoms with E-state index in [1.165, 1.54) is 16.9 Å². The van der Waals surface area contributed by atoms with Crippen LogP contribution in [0.4, 0.5) is 4.79 Å². The number of hydrogen-bond donors (Lipinski definition) is 1. The number of urea groups is 1. The van der Waals surface area contributed by atoms with E-state index in [1.807, 2.05) is 6.92 Å². The van der Waals surface area contributed by atoms with Crippen LogP contribution in [0.1, 0.15) is 6.92 Å². The van der Waals surface area contributed by atoms with E-state index in [9.17, 15) is 14.4 Å². The zero-order valence-electron chi connectivity index (χ0n) is 12.2. The number of hydrogen-bond acceptors (Lipinski definition) is 5. The van der Waals surface area contributed by atoms with Gasteiger partial charge in [0, 0.05) is 19.6 Å². The van der Waals surface area contributed by atoms with Crippen molar-refractivity contribution >= 4 is 18.0 Å². The van der Waals surface area contributed by atoms with Gasteiger partial charge < -0.3 is 24.4 Å². The number of carbonyl (C=O) groups is 3. The molecule has 0 saturated carbocycles. The summed E-state index contributed by atoms with van der Waals surface area (Å²) in [5.74, 6) is -1.79. The van der Waals surface area contributed by atoms with E-state index < -0.39 is 12.0 Å². The van der Waals surface area contributed by atoms with Crippen LogP contribution in [-0.2, 0) is 19.1 Å². The van der Waals surface area contributed by atoms with Crippen LogP contribution in [0.2, 0.25) is 0 Å². The molecule has 2 aliphatic heterocycles. The molecule has 118 valence electrons. The number of rotatable bonds is 2. The number of aliphatic carboxylic acids is 1. The first kappa shape index (κ1) is 15.6. The van der Waals surface area contributed by atoms with Gasteiger partial charge in [0.1, 0.15) is 0 Å². The highest BCUT2D eigenvalue weighted by Gasteiger charge is 2.42. The molecule has 1 N–H and O–H groups in total. The Morgan fingerprint density at radius 3 is 2.62 bits per heavy atom. The normalized spacial score (nSPS) is 29.3. The summed E-state index contributed by atoms with van der Waals surface area (Å²) < 4.78 is 9.85. The lowest BCUT2D eigenvalue weighted by molar-refractivity contribution is -0.148. The molecule has 2 saturated heterocycles. The Kier molecular flexibility index (Phi) is 4.66. The zero-order valence-corrected chi connectivity index (χ0v) is 12.2. The summed E-state index contributed by atoms with van der Waals surface area (Å²) in [6, 6.07) is -1.33. The average molecular weight is 300 g/mol. The maximum atomic E-state index is 12.5. The van der Waals surface area contributed by atoms with Gasteiger partial charge in [0.05, 0.1) is 26.2 Å². The summed E-state index contributed by atoms with van der Waals surface area (Å²) in [5, 5.41) is 9.16. The Morgan fingerprint density at radius 1 is 1.29 bits per heavy atom. The molecule has 3 unspecified atom stereocenters. The van der Waals surface area contributed by atoms with Gasteiger partial charge >= 0.3 is 18.0 Å². The number of carbonyl (C=O) groups excluding carboxylic acids is 2. The second kappa shape index (κ2) is 6.30. The predicted molar refractivity (Wildman–Crippen MR) is 70.6 cm³/mol. The fourth-order valence-electron chi connectivity index (χ4n) is 2.80. The number of morpholine rings is 1. The number of amides is 2. The Bertz CT molecular complexity index is 440. The molecule has 8 nitrogen and oxygen atoms in total. The number of esters is 1. The first-order valence-electron chi connectivity index (χ1n) is 6.89.